The topological polar surface area (TPSA) is 66.5 Å². The van der Waals surface area contributed by atoms with Crippen molar-refractivity contribution in [3.8, 4) is 0 Å². The lowest BCUT2D eigenvalue weighted by Crippen LogP contribution is -2.40. The summed E-state index contributed by atoms with van der Waals surface area (Å²) in [6, 6.07) is 14.8. The molecule has 0 aliphatic carbocycles. The summed E-state index contributed by atoms with van der Waals surface area (Å²) in [7, 11) is -3.55. The minimum absolute atomic E-state index is 0.231. The van der Waals surface area contributed by atoms with Crippen molar-refractivity contribution in [3.63, 3.8) is 0 Å². The van der Waals surface area contributed by atoms with Crippen LogP contribution in [-0.2, 0) is 27.7 Å². The molecule has 0 aliphatic rings. The van der Waals surface area contributed by atoms with Crippen LogP contribution in [0.4, 0.5) is 5.69 Å². The molecule has 27 heavy (non-hydrogen) atoms. The summed E-state index contributed by atoms with van der Waals surface area (Å²) in [6.07, 6.45) is 3.55. The highest BCUT2D eigenvalue weighted by molar-refractivity contribution is 7.92. The summed E-state index contributed by atoms with van der Waals surface area (Å²) in [6.45, 7) is 2.28. The monoisotopic (exact) mass is 408 g/mol. The number of nitrogens with one attached hydrogen (secondary N) is 1. The van der Waals surface area contributed by atoms with Crippen molar-refractivity contribution in [3.05, 3.63) is 64.7 Å². The fourth-order valence-corrected chi connectivity index (χ4v) is 3.64. The van der Waals surface area contributed by atoms with Crippen LogP contribution in [0, 0.1) is 0 Å². The van der Waals surface area contributed by atoms with Gasteiger partial charge in [0.05, 0.1) is 11.9 Å². The Balaban J connectivity index is 1.88. The number of aryl methyl sites for hydroxylation is 2. The third-order valence-electron chi connectivity index (χ3n) is 4.20. The van der Waals surface area contributed by atoms with Crippen LogP contribution in [0.1, 0.15) is 24.5 Å². The highest BCUT2D eigenvalue weighted by atomic mass is 35.5. The Hall–Kier alpha value is -2.05. The fraction of sp³-hybridized carbons (Fsp3) is 0.350. The van der Waals surface area contributed by atoms with Crippen molar-refractivity contribution >= 4 is 33.2 Å². The first-order valence-corrected chi connectivity index (χ1v) is 11.1. The Morgan fingerprint density at radius 1 is 1.04 bits per heavy atom. The van der Waals surface area contributed by atoms with E-state index >= 15 is 0 Å². The minimum atomic E-state index is -3.55. The van der Waals surface area contributed by atoms with Crippen LogP contribution < -0.4 is 9.62 Å². The minimum Gasteiger partial charge on any atom is -0.355 e. The first-order valence-electron chi connectivity index (χ1n) is 8.87. The van der Waals surface area contributed by atoms with E-state index in [1.54, 1.807) is 12.1 Å². The molecule has 1 amide bonds. The van der Waals surface area contributed by atoms with Crippen molar-refractivity contribution in [1.29, 1.82) is 0 Å². The summed E-state index contributed by atoms with van der Waals surface area (Å²) in [5.74, 6) is -0.323. The van der Waals surface area contributed by atoms with Gasteiger partial charge in [-0.15, -0.1) is 0 Å². The zero-order valence-corrected chi connectivity index (χ0v) is 17.2. The van der Waals surface area contributed by atoms with Crippen molar-refractivity contribution < 1.29 is 13.2 Å². The van der Waals surface area contributed by atoms with Gasteiger partial charge in [0.1, 0.15) is 6.54 Å². The zero-order valence-electron chi connectivity index (χ0n) is 15.6. The number of hydrogen-bond acceptors (Lipinski definition) is 3. The van der Waals surface area contributed by atoms with Crippen molar-refractivity contribution in [2.75, 3.05) is 23.7 Å². The van der Waals surface area contributed by atoms with E-state index in [-0.39, 0.29) is 12.5 Å². The molecule has 146 valence electrons. The Labute approximate surface area is 166 Å². The number of hydrogen-bond donors (Lipinski definition) is 1. The molecule has 0 heterocycles. The second-order valence-corrected chi connectivity index (χ2v) is 8.71. The molecule has 0 aliphatic heterocycles. The number of rotatable bonds is 9. The highest BCUT2D eigenvalue weighted by Crippen LogP contribution is 2.18. The molecule has 0 fully saturated rings. The molecule has 0 atom stereocenters. The van der Waals surface area contributed by atoms with Crippen molar-refractivity contribution in [2.24, 2.45) is 0 Å². The molecular weight excluding hydrogens is 384 g/mol. The Morgan fingerprint density at radius 3 is 2.19 bits per heavy atom. The summed E-state index contributed by atoms with van der Waals surface area (Å²) in [5.41, 5.74) is 2.74. The number of halogens is 1. The van der Waals surface area contributed by atoms with E-state index in [1.807, 2.05) is 43.3 Å². The molecule has 7 heteroatoms. The quantitative estimate of drug-likeness (QED) is 0.646. The van der Waals surface area contributed by atoms with Gasteiger partial charge in [-0.3, -0.25) is 9.10 Å². The molecule has 2 aromatic carbocycles. The van der Waals surface area contributed by atoms with Gasteiger partial charge in [0.15, 0.2) is 0 Å². The number of amides is 1. The van der Waals surface area contributed by atoms with Crippen LogP contribution in [0.2, 0.25) is 5.02 Å². The van der Waals surface area contributed by atoms with Crippen molar-refractivity contribution in [1.82, 2.24) is 5.32 Å². The van der Waals surface area contributed by atoms with E-state index in [0.29, 0.717) is 17.3 Å². The number of nitrogens with zero attached hydrogens (tertiary/aromatic N) is 1. The molecule has 0 unspecified atom stereocenters. The lowest BCUT2D eigenvalue weighted by Gasteiger charge is -2.22. The van der Waals surface area contributed by atoms with Crippen LogP contribution in [0.25, 0.3) is 0 Å². The van der Waals surface area contributed by atoms with Gasteiger partial charge in [0.2, 0.25) is 15.9 Å². The maximum absolute atomic E-state index is 12.2. The molecular formula is C20H25ClN2O3S. The Morgan fingerprint density at radius 2 is 1.63 bits per heavy atom. The maximum atomic E-state index is 12.2. The zero-order chi connectivity index (χ0) is 19.9. The predicted octanol–water partition coefficient (Wildman–Crippen LogP) is 3.42. The second kappa shape index (κ2) is 9.76. The number of carbonyl (C=O) groups is 1. The smallest absolute Gasteiger partial charge is 0.240 e. The van der Waals surface area contributed by atoms with Gasteiger partial charge >= 0.3 is 0 Å². The molecule has 2 aromatic rings. The Kier molecular flexibility index (Phi) is 7.68. The maximum Gasteiger partial charge on any atom is 0.240 e. The van der Waals surface area contributed by atoms with Gasteiger partial charge < -0.3 is 5.32 Å². The lowest BCUT2D eigenvalue weighted by molar-refractivity contribution is -0.119. The molecule has 0 radical (unpaired) electrons. The number of anilines is 1. The highest BCUT2D eigenvalue weighted by Gasteiger charge is 2.20. The van der Waals surface area contributed by atoms with Gasteiger partial charge in [-0.2, -0.15) is 0 Å². The summed E-state index contributed by atoms with van der Waals surface area (Å²) < 4.78 is 25.3. The molecule has 2 rings (SSSR count). The summed E-state index contributed by atoms with van der Waals surface area (Å²) in [4.78, 5) is 12.2. The van der Waals surface area contributed by atoms with Crippen LogP contribution >= 0.6 is 11.6 Å². The van der Waals surface area contributed by atoms with Crippen LogP contribution in [0.5, 0.6) is 0 Å². The molecule has 0 bridgehead atoms. The standard InChI is InChI=1S/C20H25ClN2O3S/c1-3-16-8-12-19(13-9-16)23(27(2,25)26)15-20(24)22-14-4-5-17-6-10-18(21)11-7-17/h6-13H,3-5,14-15H2,1-2H3,(H,22,24). The third-order valence-corrected chi connectivity index (χ3v) is 5.59. The van der Waals surface area contributed by atoms with E-state index in [0.717, 1.165) is 41.0 Å². The molecule has 0 saturated heterocycles. The summed E-state index contributed by atoms with van der Waals surface area (Å²) in [5, 5.41) is 3.48. The SMILES string of the molecule is CCc1ccc(N(CC(=O)NCCCc2ccc(Cl)cc2)S(C)(=O)=O)cc1. The first-order chi connectivity index (χ1) is 12.8. The van der Waals surface area contributed by atoms with Crippen molar-refractivity contribution in [2.45, 2.75) is 26.2 Å². The number of carbonyl (C=O) groups excluding carboxylic acids is 1. The predicted molar refractivity (Wildman–Crippen MR) is 111 cm³/mol. The summed E-state index contributed by atoms with van der Waals surface area (Å²) >= 11 is 5.86. The van der Waals surface area contributed by atoms with E-state index in [4.69, 9.17) is 11.6 Å². The molecule has 1 N–H and O–H groups in total. The third kappa shape index (κ3) is 6.88. The van der Waals surface area contributed by atoms with E-state index in [9.17, 15) is 13.2 Å². The fourth-order valence-electron chi connectivity index (χ4n) is 2.66. The van der Waals surface area contributed by atoms with E-state index in [1.165, 1.54) is 0 Å². The van der Waals surface area contributed by atoms with Gasteiger partial charge in [-0.1, -0.05) is 42.8 Å². The lowest BCUT2D eigenvalue weighted by atomic mass is 10.1. The van der Waals surface area contributed by atoms with Crippen LogP contribution in [0.15, 0.2) is 48.5 Å². The van der Waals surface area contributed by atoms with E-state index < -0.39 is 10.0 Å². The Bertz CT molecular complexity index is 850. The van der Waals surface area contributed by atoms with Crippen LogP contribution in [0.3, 0.4) is 0 Å². The van der Waals surface area contributed by atoms with Gasteiger partial charge in [-0.25, -0.2) is 8.42 Å². The molecule has 0 saturated carbocycles. The number of sulfonamides is 1. The van der Waals surface area contributed by atoms with E-state index in [2.05, 4.69) is 5.32 Å². The molecule has 0 aromatic heterocycles. The average molecular weight is 409 g/mol. The van der Waals surface area contributed by atoms with Gasteiger partial charge in [-0.05, 0) is 54.7 Å². The molecule has 0 spiro atoms. The first kappa shape index (κ1) is 21.3. The molecule has 5 nitrogen and oxygen atoms in total. The van der Waals surface area contributed by atoms with Gasteiger partial charge in [0, 0.05) is 11.6 Å². The van der Waals surface area contributed by atoms with Gasteiger partial charge in [0.25, 0.3) is 0 Å². The normalized spacial score (nSPS) is 11.2. The second-order valence-electron chi connectivity index (χ2n) is 6.37. The van der Waals surface area contributed by atoms with Crippen LogP contribution in [-0.4, -0.2) is 33.7 Å². The number of benzene rings is 2. The average Bonchev–Trinajstić information content (AvgIpc) is 2.64. The largest absolute Gasteiger partial charge is 0.355 e.